The number of rotatable bonds is 4. The first-order chi connectivity index (χ1) is 12.8. The molecule has 0 bridgehead atoms. The van der Waals surface area contributed by atoms with Crippen LogP contribution in [0.1, 0.15) is 64.4 Å². The Kier molecular flexibility index (Phi) is 7.32. The number of carbonyl (C=O) groups is 3. The van der Waals surface area contributed by atoms with Gasteiger partial charge in [0, 0.05) is 11.8 Å². The van der Waals surface area contributed by atoms with Crippen molar-refractivity contribution in [3.63, 3.8) is 0 Å². The lowest BCUT2D eigenvalue weighted by Gasteiger charge is -2.28. The molecule has 0 unspecified atom stereocenters. The molecule has 1 aromatic heterocycles. The smallest absolute Gasteiger partial charge is 0.425 e. The second-order valence-electron chi connectivity index (χ2n) is 7.86. The highest BCUT2D eigenvalue weighted by molar-refractivity contribution is 6.10. The standard InChI is InChI=1S/C20H28N2O6/c1-9-13-11-14(16(23)26-10-2)12-21-15(13)22(17(24)27-19(3,4)5)18(25)28-20(6,7)8/h9,11-12H,1,10H2,2-8H3. The summed E-state index contributed by atoms with van der Waals surface area (Å²) in [4.78, 5) is 42.2. The summed E-state index contributed by atoms with van der Waals surface area (Å²) in [5.74, 6) is -0.641. The summed E-state index contributed by atoms with van der Waals surface area (Å²) in [5, 5.41) is 0. The molecule has 0 N–H and O–H groups in total. The zero-order valence-corrected chi connectivity index (χ0v) is 17.5. The predicted octanol–water partition coefficient (Wildman–Crippen LogP) is 4.58. The number of pyridine rings is 1. The number of nitrogens with zero attached hydrogens (tertiary/aromatic N) is 2. The van der Waals surface area contributed by atoms with Crippen molar-refractivity contribution in [1.29, 1.82) is 0 Å². The molecule has 0 aliphatic heterocycles. The van der Waals surface area contributed by atoms with Crippen LogP contribution in [0.25, 0.3) is 6.08 Å². The molecule has 2 amide bonds. The van der Waals surface area contributed by atoms with Crippen LogP contribution in [-0.4, -0.2) is 40.9 Å². The average molecular weight is 392 g/mol. The monoisotopic (exact) mass is 392 g/mol. The van der Waals surface area contributed by atoms with E-state index in [2.05, 4.69) is 11.6 Å². The number of aromatic nitrogens is 1. The predicted molar refractivity (Wildman–Crippen MR) is 105 cm³/mol. The third kappa shape index (κ3) is 6.68. The Morgan fingerprint density at radius 3 is 1.96 bits per heavy atom. The zero-order valence-electron chi connectivity index (χ0n) is 17.5. The van der Waals surface area contributed by atoms with E-state index in [1.165, 1.54) is 18.3 Å². The van der Waals surface area contributed by atoms with Gasteiger partial charge >= 0.3 is 18.2 Å². The Hall–Kier alpha value is -2.90. The molecular formula is C20H28N2O6. The number of carbonyl (C=O) groups excluding carboxylic acids is 3. The third-order valence-electron chi connectivity index (χ3n) is 2.99. The fourth-order valence-corrected chi connectivity index (χ4v) is 2.00. The van der Waals surface area contributed by atoms with Crippen molar-refractivity contribution in [2.45, 2.75) is 59.7 Å². The number of amides is 2. The summed E-state index contributed by atoms with van der Waals surface area (Å²) in [6, 6.07) is 1.43. The van der Waals surface area contributed by atoms with Gasteiger partial charge in [0.1, 0.15) is 11.2 Å². The minimum Gasteiger partial charge on any atom is -0.462 e. The molecule has 0 aromatic carbocycles. The van der Waals surface area contributed by atoms with E-state index in [0.717, 1.165) is 0 Å². The van der Waals surface area contributed by atoms with E-state index in [1.807, 2.05) is 0 Å². The molecule has 0 aliphatic rings. The maximum atomic E-state index is 12.7. The van der Waals surface area contributed by atoms with Crippen molar-refractivity contribution in [3.8, 4) is 0 Å². The van der Waals surface area contributed by atoms with Gasteiger partial charge in [0.25, 0.3) is 0 Å². The molecule has 0 saturated heterocycles. The number of esters is 1. The van der Waals surface area contributed by atoms with Gasteiger partial charge in [-0.15, -0.1) is 0 Å². The Bertz CT molecular complexity index is 731. The Labute approximate surface area is 165 Å². The van der Waals surface area contributed by atoms with Crippen LogP contribution in [0.5, 0.6) is 0 Å². The minimum atomic E-state index is -0.957. The van der Waals surface area contributed by atoms with E-state index in [0.29, 0.717) is 4.90 Å². The first-order valence-electron chi connectivity index (χ1n) is 8.84. The largest absolute Gasteiger partial charge is 0.462 e. The molecule has 154 valence electrons. The Balaban J connectivity index is 3.43. The van der Waals surface area contributed by atoms with E-state index in [1.54, 1.807) is 48.5 Å². The molecule has 0 atom stereocenters. The van der Waals surface area contributed by atoms with Gasteiger partial charge in [-0.1, -0.05) is 12.7 Å². The molecule has 0 aliphatic carbocycles. The minimum absolute atomic E-state index is 0.0634. The van der Waals surface area contributed by atoms with E-state index >= 15 is 0 Å². The van der Waals surface area contributed by atoms with Crippen molar-refractivity contribution < 1.29 is 28.6 Å². The van der Waals surface area contributed by atoms with Crippen LogP contribution in [0.15, 0.2) is 18.8 Å². The summed E-state index contributed by atoms with van der Waals surface area (Å²) in [5.41, 5.74) is -1.27. The topological polar surface area (TPSA) is 95.0 Å². The quantitative estimate of drug-likeness (QED) is 0.547. The molecule has 1 aromatic rings. The first kappa shape index (κ1) is 23.1. The highest BCUT2D eigenvalue weighted by Crippen LogP contribution is 2.25. The third-order valence-corrected chi connectivity index (χ3v) is 2.99. The van der Waals surface area contributed by atoms with Gasteiger partial charge < -0.3 is 14.2 Å². The SMILES string of the molecule is C=Cc1cc(C(=O)OCC)cnc1N(C(=O)OC(C)(C)C)C(=O)OC(C)(C)C. The van der Waals surface area contributed by atoms with Gasteiger partial charge in [-0.25, -0.2) is 19.4 Å². The van der Waals surface area contributed by atoms with Crippen molar-refractivity contribution in [2.75, 3.05) is 11.5 Å². The lowest BCUT2D eigenvalue weighted by molar-refractivity contribution is 0.0427. The van der Waals surface area contributed by atoms with Crippen molar-refractivity contribution in [3.05, 3.63) is 30.0 Å². The second-order valence-corrected chi connectivity index (χ2v) is 7.86. The van der Waals surface area contributed by atoms with Crippen LogP contribution >= 0.6 is 0 Å². The Morgan fingerprint density at radius 1 is 1.07 bits per heavy atom. The van der Waals surface area contributed by atoms with E-state index in [-0.39, 0.29) is 23.6 Å². The summed E-state index contributed by atoms with van der Waals surface area (Å²) < 4.78 is 15.6. The summed E-state index contributed by atoms with van der Waals surface area (Å²) in [7, 11) is 0. The molecule has 0 fully saturated rings. The van der Waals surface area contributed by atoms with Crippen LogP contribution < -0.4 is 4.90 Å². The van der Waals surface area contributed by atoms with Crippen molar-refractivity contribution in [2.24, 2.45) is 0 Å². The van der Waals surface area contributed by atoms with Gasteiger partial charge in [-0.2, -0.15) is 4.90 Å². The zero-order chi connectivity index (χ0) is 21.7. The summed E-state index contributed by atoms with van der Waals surface area (Å²) in [6.45, 7) is 15.6. The molecule has 8 nitrogen and oxygen atoms in total. The van der Waals surface area contributed by atoms with E-state index < -0.39 is 29.4 Å². The van der Waals surface area contributed by atoms with Crippen LogP contribution in [-0.2, 0) is 14.2 Å². The maximum Gasteiger partial charge on any atom is 0.425 e. The molecule has 0 saturated carbocycles. The van der Waals surface area contributed by atoms with Gasteiger partial charge in [-0.05, 0) is 54.5 Å². The van der Waals surface area contributed by atoms with E-state index in [4.69, 9.17) is 14.2 Å². The highest BCUT2D eigenvalue weighted by atomic mass is 16.6. The van der Waals surface area contributed by atoms with Gasteiger partial charge in [0.15, 0.2) is 5.82 Å². The van der Waals surface area contributed by atoms with Crippen molar-refractivity contribution in [1.82, 2.24) is 4.98 Å². The molecule has 0 radical (unpaired) electrons. The van der Waals surface area contributed by atoms with Gasteiger partial charge in [-0.3, -0.25) is 0 Å². The lowest BCUT2D eigenvalue weighted by atomic mass is 10.1. The van der Waals surface area contributed by atoms with Gasteiger partial charge in [0.05, 0.1) is 12.2 Å². The number of hydrogen-bond acceptors (Lipinski definition) is 7. The molecule has 1 heterocycles. The second kappa shape index (κ2) is 8.86. The molecular weight excluding hydrogens is 364 g/mol. The molecule has 0 spiro atoms. The molecule has 8 heteroatoms. The van der Waals surface area contributed by atoms with Crippen molar-refractivity contribution >= 4 is 30.0 Å². The van der Waals surface area contributed by atoms with Crippen LogP contribution in [0.3, 0.4) is 0 Å². The summed E-state index contributed by atoms with van der Waals surface area (Å²) >= 11 is 0. The van der Waals surface area contributed by atoms with Crippen LogP contribution in [0.2, 0.25) is 0 Å². The number of hydrogen-bond donors (Lipinski definition) is 0. The fourth-order valence-electron chi connectivity index (χ4n) is 2.00. The van der Waals surface area contributed by atoms with Crippen LogP contribution in [0.4, 0.5) is 15.4 Å². The molecule has 28 heavy (non-hydrogen) atoms. The lowest BCUT2D eigenvalue weighted by Crippen LogP contribution is -2.44. The Morgan fingerprint density at radius 2 is 1.57 bits per heavy atom. The molecule has 1 rings (SSSR count). The normalized spacial score (nSPS) is 11.4. The first-order valence-corrected chi connectivity index (χ1v) is 8.84. The number of anilines is 1. The average Bonchev–Trinajstić information content (AvgIpc) is 2.52. The van der Waals surface area contributed by atoms with Crippen LogP contribution in [0, 0.1) is 0 Å². The summed E-state index contributed by atoms with van der Waals surface area (Å²) in [6.07, 6.45) is 0.664. The number of ether oxygens (including phenoxy) is 3. The highest BCUT2D eigenvalue weighted by Gasteiger charge is 2.34. The number of imide groups is 1. The maximum absolute atomic E-state index is 12.7. The van der Waals surface area contributed by atoms with Gasteiger partial charge in [0.2, 0.25) is 0 Å². The van der Waals surface area contributed by atoms with E-state index in [9.17, 15) is 14.4 Å². The fraction of sp³-hybridized carbons (Fsp3) is 0.500.